The Bertz CT molecular complexity index is 1770. The van der Waals surface area contributed by atoms with Crippen molar-refractivity contribution in [2.45, 2.75) is 12.4 Å². The lowest BCUT2D eigenvalue weighted by molar-refractivity contribution is -0.137. The first-order valence-electron chi connectivity index (χ1n) is 12.0. The van der Waals surface area contributed by atoms with Crippen molar-refractivity contribution in [1.82, 2.24) is 4.98 Å². The molecule has 4 nitrogen and oxygen atoms in total. The molecule has 1 heterocycles. The maximum atomic E-state index is 14.0. The van der Waals surface area contributed by atoms with Crippen molar-refractivity contribution in [3.8, 4) is 22.3 Å². The third kappa shape index (κ3) is 5.83. The maximum absolute atomic E-state index is 14.0. The van der Waals surface area contributed by atoms with Gasteiger partial charge in [0.25, 0.3) is 0 Å². The summed E-state index contributed by atoms with van der Waals surface area (Å²) in [5.74, 6) is 0. The van der Waals surface area contributed by atoms with E-state index in [1.54, 1.807) is 24.3 Å². The van der Waals surface area contributed by atoms with Gasteiger partial charge in [-0.25, -0.2) is 4.79 Å². The average Bonchev–Trinajstić information content (AvgIpc) is 2.92. The van der Waals surface area contributed by atoms with Crippen molar-refractivity contribution < 1.29 is 31.1 Å². The first-order valence-corrected chi connectivity index (χ1v) is 12.4. The molecule has 1 aromatic heterocycles. The molecule has 2 amide bonds. The second-order valence-corrected chi connectivity index (χ2v) is 9.34. The van der Waals surface area contributed by atoms with E-state index in [0.717, 1.165) is 18.3 Å². The molecule has 0 radical (unpaired) electrons. The third-order valence-electron chi connectivity index (χ3n) is 6.26. The fourth-order valence-electron chi connectivity index (χ4n) is 4.53. The Morgan fingerprint density at radius 3 is 2.10 bits per heavy atom. The standard InChI is InChI=1S/C30H18ClF6N3O/c31-24-13-3-4-14-25(24)40-28(41)39-18-8-5-7-17(15-18)26-20-10-6-12-23(30(35,36)37)27(20)38-16-21(26)19-9-1-2-11-22(19)29(32,33)34/h1-16H,(H2,39,40,41). The van der Waals surface area contributed by atoms with Gasteiger partial charge in [0.1, 0.15) is 0 Å². The van der Waals surface area contributed by atoms with E-state index in [1.165, 1.54) is 54.6 Å². The number of amides is 2. The molecule has 5 rings (SSSR count). The van der Waals surface area contributed by atoms with E-state index in [2.05, 4.69) is 15.6 Å². The van der Waals surface area contributed by atoms with Crippen molar-refractivity contribution >= 4 is 39.9 Å². The number of nitrogens with one attached hydrogen (secondary N) is 2. The predicted molar refractivity (Wildman–Crippen MR) is 147 cm³/mol. The maximum Gasteiger partial charge on any atom is 0.418 e. The Morgan fingerprint density at radius 2 is 1.37 bits per heavy atom. The molecule has 0 saturated heterocycles. The molecule has 0 saturated carbocycles. The summed E-state index contributed by atoms with van der Waals surface area (Å²) in [6, 6.07) is 20.1. The van der Waals surface area contributed by atoms with Crippen molar-refractivity contribution in [1.29, 1.82) is 0 Å². The van der Waals surface area contributed by atoms with Crippen LogP contribution in [-0.4, -0.2) is 11.0 Å². The summed E-state index contributed by atoms with van der Waals surface area (Å²) < 4.78 is 83.5. The summed E-state index contributed by atoms with van der Waals surface area (Å²) in [7, 11) is 0. The molecule has 0 spiro atoms. The number of carbonyl (C=O) groups is 1. The number of halogens is 7. The number of hydrogen-bond acceptors (Lipinski definition) is 2. The molecule has 0 atom stereocenters. The van der Waals surface area contributed by atoms with Gasteiger partial charge < -0.3 is 10.6 Å². The van der Waals surface area contributed by atoms with Crippen LogP contribution in [0.25, 0.3) is 33.2 Å². The highest BCUT2D eigenvalue weighted by Gasteiger charge is 2.36. The van der Waals surface area contributed by atoms with Gasteiger partial charge >= 0.3 is 18.4 Å². The van der Waals surface area contributed by atoms with E-state index in [-0.39, 0.29) is 33.3 Å². The Labute approximate surface area is 234 Å². The minimum absolute atomic E-state index is 0.00743. The Hall–Kier alpha value is -4.57. The first-order chi connectivity index (χ1) is 19.4. The minimum atomic E-state index is -4.75. The number of anilines is 2. The van der Waals surface area contributed by atoms with Crippen LogP contribution in [0, 0.1) is 0 Å². The van der Waals surface area contributed by atoms with Crippen LogP contribution < -0.4 is 10.6 Å². The van der Waals surface area contributed by atoms with Gasteiger partial charge in [-0.05, 0) is 47.5 Å². The molecule has 11 heteroatoms. The van der Waals surface area contributed by atoms with Gasteiger partial charge in [-0.2, -0.15) is 26.3 Å². The number of para-hydroxylation sites is 2. The number of benzene rings is 4. The Balaban J connectivity index is 1.68. The Kier molecular flexibility index (Phi) is 7.35. The van der Waals surface area contributed by atoms with Crippen LogP contribution in [0.2, 0.25) is 5.02 Å². The number of pyridine rings is 1. The molecule has 4 aromatic carbocycles. The van der Waals surface area contributed by atoms with Crippen LogP contribution in [0.4, 0.5) is 42.5 Å². The summed E-state index contributed by atoms with van der Waals surface area (Å²) in [5.41, 5.74) is -1.76. The molecular formula is C30H18ClF6N3O. The molecule has 208 valence electrons. The number of carbonyl (C=O) groups excluding carboxylic acids is 1. The normalized spacial score (nSPS) is 11.9. The molecular weight excluding hydrogens is 568 g/mol. The number of aromatic nitrogens is 1. The smallest absolute Gasteiger partial charge is 0.308 e. The molecule has 5 aromatic rings. The molecule has 41 heavy (non-hydrogen) atoms. The van der Waals surface area contributed by atoms with Crippen LogP contribution in [0.15, 0.2) is 97.2 Å². The number of rotatable bonds is 4. The van der Waals surface area contributed by atoms with E-state index in [4.69, 9.17) is 11.6 Å². The largest absolute Gasteiger partial charge is 0.418 e. The van der Waals surface area contributed by atoms with Crippen LogP contribution in [-0.2, 0) is 12.4 Å². The van der Waals surface area contributed by atoms with Crippen molar-refractivity contribution in [3.63, 3.8) is 0 Å². The molecule has 0 aliphatic heterocycles. The number of fused-ring (bicyclic) bond motifs is 1. The summed E-state index contributed by atoms with van der Waals surface area (Å²) in [5, 5.41) is 5.50. The highest BCUT2D eigenvalue weighted by Crippen LogP contribution is 2.45. The van der Waals surface area contributed by atoms with Gasteiger partial charge in [-0.1, -0.05) is 66.2 Å². The van der Waals surface area contributed by atoms with Crippen molar-refractivity contribution in [3.05, 3.63) is 113 Å². The van der Waals surface area contributed by atoms with Gasteiger partial charge in [-0.15, -0.1) is 0 Å². The van der Waals surface area contributed by atoms with Crippen molar-refractivity contribution in [2.24, 2.45) is 0 Å². The molecule has 0 fully saturated rings. The number of nitrogens with zero attached hydrogens (tertiary/aromatic N) is 1. The van der Waals surface area contributed by atoms with Crippen LogP contribution in [0.3, 0.4) is 0 Å². The monoisotopic (exact) mass is 585 g/mol. The van der Waals surface area contributed by atoms with Crippen LogP contribution in [0.5, 0.6) is 0 Å². The number of hydrogen-bond donors (Lipinski definition) is 2. The molecule has 0 bridgehead atoms. The highest BCUT2D eigenvalue weighted by atomic mass is 35.5. The van der Waals surface area contributed by atoms with Gasteiger partial charge in [0.2, 0.25) is 0 Å². The molecule has 0 aliphatic rings. The zero-order valence-electron chi connectivity index (χ0n) is 20.7. The summed E-state index contributed by atoms with van der Waals surface area (Å²) >= 11 is 6.09. The van der Waals surface area contributed by atoms with E-state index < -0.39 is 35.0 Å². The van der Waals surface area contributed by atoms with Crippen LogP contribution >= 0.6 is 11.6 Å². The average molecular weight is 586 g/mol. The lowest BCUT2D eigenvalue weighted by Gasteiger charge is -2.19. The second-order valence-electron chi connectivity index (χ2n) is 8.93. The SMILES string of the molecule is O=C(Nc1cccc(-c2c(-c3ccccc3C(F)(F)F)cnc3c(C(F)(F)F)cccc23)c1)Nc1ccccc1Cl. The lowest BCUT2D eigenvalue weighted by Crippen LogP contribution is -2.19. The molecule has 0 unspecified atom stereocenters. The molecule has 0 aliphatic carbocycles. The van der Waals surface area contributed by atoms with Gasteiger partial charge in [0.15, 0.2) is 0 Å². The third-order valence-corrected chi connectivity index (χ3v) is 6.59. The molecule has 2 N–H and O–H groups in total. The summed E-state index contributed by atoms with van der Waals surface area (Å²) in [6.07, 6.45) is -8.48. The van der Waals surface area contributed by atoms with E-state index in [1.807, 2.05) is 0 Å². The minimum Gasteiger partial charge on any atom is -0.308 e. The predicted octanol–water partition coefficient (Wildman–Crippen LogP) is 9.90. The fourth-order valence-corrected chi connectivity index (χ4v) is 4.71. The van der Waals surface area contributed by atoms with E-state index >= 15 is 0 Å². The topological polar surface area (TPSA) is 54.0 Å². The van der Waals surface area contributed by atoms with Crippen LogP contribution in [0.1, 0.15) is 11.1 Å². The second kappa shape index (κ2) is 10.8. The van der Waals surface area contributed by atoms with Crippen molar-refractivity contribution in [2.75, 3.05) is 10.6 Å². The zero-order chi connectivity index (χ0) is 29.4. The number of alkyl halides is 6. The zero-order valence-corrected chi connectivity index (χ0v) is 21.5. The quantitative estimate of drug-likeness (QED) is 0.206. The van der Waals surface area contributed by atoms with E-state index in [9.17, 15) is 31.1 Å². The fraction of sp³-hybridized carbons (Fsp3) is 0.0667. The Morgan fingerprint density at radius 1 is 0.707 bits per heavy atom. The van der Waals surface area contributed by atoms with Gasteiger partial charge in [-0.3, -0.25) is 4.98 Å². The van der Waals surface area contributed by atoms with E-state index in [0.29, 0.717) is 10.7 Å². The summed E-state index contributed by atoms with van der Waals surface area (Å²) in [4.78, 5) is 16.6. The summed E-state index contributed by atoms with van der Waals surface area (Å²) in [6.45, 7) is 0. The lowest BCUT2D eigenvalue weighted by atomic mass is 9.89. The first kappa shape index (κ1) is 28.0. The van der Waals surface area contributed by atoms with Gasteiger partial charge in [0, 0.05) is 28.4 Å². The van der Waals surface area contributed by atoms with Gasteiger partial charge in [0.05, 0.1) is 27.4 Å². The highest BCUT2D eigenvalue weighted by molar-refractivity contribution is 6.33. The number of urea groups is 1.